The topological polar surface area (TPSA) is 74.4 Å². The standard InChI is InChI=1S/C14H13FN2O4/c1-9-6-14(10(15)7-12(9)17(19)20)21-8-13(18)11-4-3-5-16(11)2/h3-7H,8H2,1-2H3. The Morgan fingerprint density at radius 1 is 1.48 bits per heavy atom. The first-order valence-corrected chi connectivity index (χ1v) is 6.12. The van der Waals surface area contributed by atoms with Gasteiger partial charge in [-0.1, -0.05) is 0 Å². The Labute approximate surface area is 119 Å². The third kappa shape index (κ3) is 3.07. The van der Waals surface area contributed by atoms with Crippen molar-refractivity contribution in [3.8, 4) is 5.75 Å². The number of rotatable bonds is 5. The van der Waals surface area contributed by atoms with Crippen molar-refractivity contribution in [2.24, 2.45) is 7.05 Å². The summed E-state index contributed by atoms with van der Waals surface area (Å²) in [6.45, 7) is 1.13. The fourth-order valence-electron chi connectivity index (χ4n) is 1.92. The smallest absolute Gasteiger partial charge is 0.275 e. The van der Waals surface area contributed by atoms with Crippen molar-refractivity contribution < 1.29 is 18.8 Å². The molecule has 0 atom stereocenters. The normalized spacial score (nSPS) is 10.4. The molecule has 0 saturated carbocycles. The molecular formula is C14H13FN2O4. The highest BCUT2D eigenvalue weighted by atomic mass is 19.1. The van der Waals surface area contributed by atoms with E-state index in [9.17, 15) is 19.3 Å². The fraction of sp³-hybridized carbons (Fsp3) is 0.214. The molecule has 0 saturated heterocycles. The van der Waals surface area contributed by atoms with Crippen LogP contribution in [0.25, 0.3) is 0 Å². The van der Waals surface area contributed by atoms with E-state index in [1.807, 2.05) is 0 Å². The Kier molecular flexibility index (Phi) is 4.02. The summed E-state index contributed by atoms with van der Waals surface area (Å²) in [6, 6.07) is 5.34. The van der Waals surface area contributed by atoms with E-state index in [4.69, 9.17) is 4.74 Å². The molecule has 2 aromatic rings. The molecule has 0 fully saturated rings. The van der Waals surface area contributed by atoms with E-state index in [0.29, 0.717) is 5.69 Å². The lowest BCUT2D eigenvalue weighted by molar-refractivity contribution is -0.385. The van der Waals surface area contributed by atoms with Crippen LogP contribution in [0.1, 0.15) is 16.1 Å². The van der Waals surface area contributed by atoms with E-state index in [2.05, 4.69) is 0 Å². The number of benzene rings is 1. The molecule has 7 heteroatoms. The van der Waals surface area contributed by atoms with E-state index < -0.39 is 10.7 Å². The van der Waals surface area contributed by atoms with Gasteiger partial charge in [0.15, 0.2) is 18.2 Å². The number of carbonyl (C=O) groups is 1. The molecule has 6 nitrogen and oxygen atoms in total. The largest absolute Gasteiger partial charge is 0.482 e. The highest BCUT2D eigenvalue weighted by Crippen LogP contribution is 2.27. The van der Waals surface area contributed by atoms with E-state index >= 15 is 0 Å². The first-order valence-electron chi connectivity index (χ1n) is 6.12. The second-order valence-electron chi connectivity index (χ2n) is 4.54. The van der Waals surface area contributed by atoms with Gasteiger partial charge >= 0.3 is 0 Å². The number of ketones is 1. The van der Waals surface area contributed by atoms with Gasteiger partial charge in [-0.2, -0.15) is 0 Å². The molecule has 0 aliphatic carbocycles. The van der Waals surface area contributed by atoms with Crippen molar-refractivity contribution in [1.29, 1.82) is 0 Å². The lowest BCUT2D eigenvalue weighted by atomic mass is 10.2. The van der Waals surface area contributed by atoms with Gasteiger partial charge in [0.25, 0.3) is 5.69 Å². The van der Waals surface area contributed by atoms with Gasteiger partial charge in [-0.15, -0.1) is 0 Å². The number of carbonyl (C=O) groups excluding carboxylic acids is 1. The number of hydrogen-bond donors (Lipinski definition) is 0. The molecule has 0 aliphatic rings. The highest BCUT2D eigenvalue weighted by molar-refractivity contribution is 5.95. The quantitative estimate of drug-likeness (QED) is 0.482. The summed E-state index contributed by atoms with van der Waals surface area (Å²) in [6.07, 6.45) is 1.71. The third-order valence-corrected chi connectivity index (χ3v) is 3.04. The second kappa shape index (κ2) is 5.74. The van der Waals surface area contributed by atoms with Gasteiger partial charge < -0.3 is 9.30 Å². The van der Waals surface area contributed by atoms with Gasteiger partial charge in [0.1, 0.15) is 0 Å². The number of aromatic nitrogens is 1. The van der Waals surface area contributed by atoms with Gasteiger partial charge in [0, 0.05) is 18.8 Å². The number of nitro groups is 1. The third-order valence-electron chi connectivity index (χ3n) is 3.04. The number of nitrogens with zero attached hydrogens (tertiary/aromatic N) is 2. The maximum Gasteiger partial charge on any atom is 0.275 e. The fourth-order valence-corrected chi connectivity index (χ4v) is 1.92. The molecule has 1 aromatic carbocycles. The van der Waals surface area contributed by atoms with Crippen LogP contribution in [0, 0.1) is 22.9 Å². The van der Waals surface area contributed by atoms with Crippen molar-refractivity contribution >= 4 is 11.5 Å². The van der Waals surface area contributed by atoms with Crippen LogP contribution in [0.15, 0.2) is 30.5 Å². The van der Waals surface area contributed by atoms with E-state index in [-0.39, 0.29) is 29.4 Å². The van der Waals surface area contributed by atoms with E-state index in [0.717, 1.165) is 6.07 Å². The average molecular weight is 292 g/mol. The minimum Gasteiger partial charge on any atom is -0.482 e. The zero-order valence-corrected chi connectivity index (χ0v) is 11.5. The van der Waals surface area contributed by atoms with Crippen molar-refractivity contribution in [3.05, 3.63) is 57.7 Å². The maximum absolute atomic E-state index is 13.7. The number of Topliss-reactive ketones (excluding diaryl/α,β-unsaturated/α-hetero) is 1. The van der Waals surface area contributed by atoms with Crippen LogP contribution in [0.3, 0.4) is 0 Å². The Bertz CT molecular complexity index is 709. The molecule has 1 aromatic heterocycles. The first-order chi connectivity index (χ1) is 9.90. The highest BCUT2D eigenvalue weighted by Gasteiger charge is 2.17. The summed E-state index contributed by atoms with van der Waals surface area (Å²) in [5.41, 5.74) is 0.380. The minimum atomic E-state index is -0.869. The Morgan fingerprint density at radius 3 is 2.76 bits per heavy atom. The van der Waals surface area contributed by atoms with Crippen LogP contribution in [-0.4, -0.2) is 21.9 Å². The molecule has 0 unspecified atom stereocenters. The van der Waals surface area contributed by atoms with Gasteiger partial charge in [0.2, 0.25) is 5.78 Å². The number of hydrogen-bond acceptors (Lipinski definition) is 4. The van der Waals surface area contributed by atoms with Crippen molar-refractivity contribution in [3.63, 3.8) is 0 Å². The molecule has 2 rings (SSSR count). The summed E-state index contributed by atoms with van der Waals surface area (Å²) in [5, 5.41) is 10.7. The summed E-state index contributed by atoms with van der Waals surface area (Å²) in [4.78, 5) is 21.9. The van der Waals surface area contributed by atoms with Crippen molar-refractivity contribution in [1.82, 2.24) is 4.57 Å². The van der Waals surface area contributed by atoms with Gasteiger partial charge in [0.05, 0.1) is 16.7 Å². The Balaban J connectivity index is 2.14. The molecule has 0 N–H and O–H groups in total. The molecule has 21 heavy (non-hydrogen) atoms. The zero-order chi connectivity index (χ0) is 15.6. The van der Waals surface area contributed by atoms with Crippen LogP contribution in [0.4, 0.5) is 10.1 Å². The maximum atomic E-state index is 13.7. The molecule has 0 bridgehead atoms. The number of ether oxygens (including phenoxy) is 1. The van der Waals surface area contributed by atoms with Gasteiger partial charge in [-0.25, -0.2) is 4.39 Å². The van der Waals surface area contributed by atoms with Crippen LogP contribution < -0.4 is 4.74 Å². The van der Waals surface area contributed by atoms with Crippen LogP contribution >= 0.6 is 0 Å². The lowest BCUT2D eigenvalue weighted by Gasteiger charge is -2.08. The predicted octanol–water partition coefficient (Wildman–Crippen LogP) is 2.64. The van der Waals surface area contributed by atoms with Crippen molar-refractivity contribution in [2.75, 3.05) is 6.61 Å². The molecule has 0 amide bonds. The lowest BCUT2D eigenvalue weighted by Crippen LogP contribution is -2.15. The summed E-state index contributed by atoms with van der Waals surface area (Å²) in [7, 11) is 1.71. The number of halogens is 1. The first kappa shape index (κ1) is 14.7. The summed E-state index contributed by atoms with van der Waals surface area (Å²) >= 11 is 0. The average Bonchev–Trinajstić information content (AvgIpc) is 2.85. The van der Waals surface area contributed by atoms with E-state index in [1.165, 1.54) is 13.0 Å². The number of aryl methyl sites for hydroxylation is 2. The summed E-state index contributed by atoms with van der Waals surface area (Å²) < 4.78 is 20.5. The van der Waals surface area contributed by atoms with Crippen LogP contribution in [-0.2, 0) is 7.05 Å². The molecule has 0 radical (unpaired) electrons. The molecule has 1 heterocycles. The van der Waals surface area contributed by atoms with Crippen LogP contribution in [0.5, 0.6) is 5.75 Å². The molecule has 0 spiro atoms. The predicted molar refractivity (Wildman–Crippen MR) is 73.0 cm³/mol. The Morgan fingerprint density at radius 2 is 2.19 bits per heavy atom. The van der Waals surface area contributed by atoms with Crippen molar-refractivity contribution in [2.45, 2.75) is 6.92 Å². The van der Waals surface area contributed by atoms with Crippen LogP contribution in [0.2, 0.25) is 0 Å². The van der Waals surface area contributed by atoms with E-state index in [1.54, 1.807) is 29.9 Å². The minimum absolute atomic E-state index is 0.180. The van der Waals surface area contributed by atoms with Gasteiger partial charge in [-0.05, 0) is 25.1 Å². The molecule has 0 aliphatic heterocycles. The molecule has 110 valence electrons. The molecular weight excluding hydrogens is 279 g/mol. The Hall–Kier alpha value is -2.70. The monoisotopic (exact) mass is 292 g/mol. The second-order valence-corrected chi connectivity index (χ2v) is 4.54. The summed E-state index contributed by atoms with van der Waals surface area (Å²) in [5.74, 6) is -1.36. The number of nitro benzene ring substituents is 1. The van der Waals surface area contributed by atoms with Gasteiger partial charge in [-0.3, -0.25) is 14.9 Å². The SMILES string of the molecule is Cc1cc(OCC(=O)c2cccn2C)c(F)cc1[N+](=O)[O-]. The zero-order valence-electron chi connectivity index (χ0n) is 11.5.